The van der Waals surface area contributed by atoms with Crippen molar-refractivity contribution in [2.45, 2.75) is 19.4 Å². The molecule has 162 valence electrons. The van der Waals surface area contributed by atoms with Crippen molar-refractivity contribution >= 4 is 34.2 Å². The Bertz CT molecular complexity index is 1330. The Morgan fingerprint density at radius 1 is 1.06 bits per heavy atom. The maximum atomic E-state index is 14.0. The largest absolute Gasteiger partial charge is 0.473 e. The third kappa shape index (κ3) is 4.36. The fourth-order valence-corrected chi connectivity index (χ4v) is 3.39. The molecule has 1 N–H and O–H groups in total. The normalized spacial score (nSPS) is 11.8. The quantitative estimate of drug-likeness (QED) is 0.387. The highest BCUT2D eigenvalue weighted by Crippen LogP contribution is 2.32. The van der Waals surface area contributed by atoms with Crippen LogP contribution in [-0.4, -0.2) is 12.0 Å². The van der Waals surface area contributed by atoms with Gasteiger partial charge >= 0.3 is 0 Å². The molecule has 0 aliphatic carbocycles. The Morgan fingerprint density at radius 2 is 1.75 bits per heavy atom. The van der Waals surface area contributed by atoms with E-state index in [1.54, 1.807) is 61.5 Å². The number of halogens is 2. The zero-order valence-corrected chi connectivity index (χ0v) is 17.9. The monoisotopic (exact) mass is 451 g/mol. The van der Waals surface area contributed by atoms with Gasteiger partial charge in [0.15, 0.2) is 11.9 Å². The van der Waals surface area contributed by atoms with Gasteiger partial charge in [-0.05, 0) is 55.0 Å². The van der Waals surface area contributed by atoms with Crippen molar-refractivity contribution in [3.63, 3.8) is 0 Å². The lowest BCUT2D eigenvalue weighted by molar-refractivity contribution is -0.122. The molecule has 4 rings (SSSR count). The van der Waals surface area contributed by atoms with Crippen molar-refractivity contribution in [2.75, 3.05) is 5.32 Å². The number of benzene rings is 3. The number of anilines is 1. The molecular weight excluding hydrogens is 433 g/mol. The van der Waals surface area contributed by atoms with E-state index in [-0.39, 0.29) is 23.6 Å². The van der Waals surface area contributed by atoms with Crippen LogP contribution in [0.3, 0.4) is 0 Å². The second kappa shape index (κ2) is 9.24. The standard InChI is InChI=1S/C25H19ClFNO4/c1-2-20(25(30)28-19-9-5-4-8-18(19)27)31-24-22(29)17-7-3-6-10-21(17)32-23(24)15-11-13-16(26)14-12-15/h3-14,20H,2H2,1H3,(H,28,30). The van der Waals surface area contributed by atoms with Gasteiger partial charge in [0.2, 0.25) is 11.2 Å². The lowest BCUT2D eigenvalue weighted by Gasteiger charge is -2.19. The molecule has 5 nitrogen and oxygen atoms in total. The number of amides is 1. The minimum atomic E-state index is -1.05. The van der Waals surface area contributed by atoms with Crippen molar-refractivity contribution < 1.29 is 18.3 Å². The summed E-state index contributed by atoms with van der Waals surface area (Å²) in [6.45, 7) is 1.73. The van der Waals surface area contributed by atoms with E-state index in [1.165, 1.54) is 18.2 Å². The van der Waals surface area contributed by atoms with Crippen LogP contribution in [0.2, 0.25) is 5.02 Å². The van der Waals surface area contributed by atoms with Gasteiger partial charge in [-0.25, -0.2) is 4.39 Å². The van der Waals surface area contributed by atoms with Crippen molar-refractivity contribution in [2.24, 2.45) is 0 Å². The summed E-state index contributed by atoms with van der Waals surface area (Å²) < 4.78 is 25.9. The summed E-state index contributed by atoms with van der Waals surface area (Å²) >= 11 is 6.00. The van der Waals surface area contributed by atoms with Gasteiger partial charge in [0.05, 0.1) is 11.1 Å². The molecular formula is C25H19ClFNO4. The summed E-state index contributed by atoms with van der Waals surface area (Å²) in [6.07, 6.45) is -0.809. The molecule has 0 saturated heterocycles. The minimum Gasteiger partial charge on any atom is -0.473 e. The molecule has 0 radical (unpaired) electrons. The van der Waals surface area contributed by atoms with E-state index < -0.39 is 23.3 Å². The number of hydrogen-bond donors (Lipinski definition) is 1. The summed E-state index contributed by atoms with van der Waals surface area (Å²) in [6, 6.07) is 19.3. The van der Waals surface area contributed by atoms with E-state index in [1.807, 2.05) is 0 Å². The highest BCUT2D eigenvalue weighted by molar-refractivity contribution is 6.30. The Morgan fingerprint density at radius 3 is 2.47 bits per heavy atom. The summed E-state index contributed by atoms with van der Waals surface area (Å²) in [4.78, 5) is 26.1. The number of hydrogen-bond acceptors (Lipinski definition) is 4. The lowest BCUT2D eigenvalue weighted by atomic mass is 10.1. The summed E-state index contributed by atoms with van der Waals surface area (Å²) in [5.74, 6) is -1.06. The third-order valence-corrected chi connectivity index (χ3v) is 5.17. The number of carbonyl (C=O) groups excluding carboxylic acids is 1. The van der Waals surface area contributed by atoms with Crippen LogP contribution in [0, 0.1) is 5.82 Å². The minimum absolute atomic E-state index is 0.0306. The van der Waals surface area contributed by atoms with Gasteiger partial charge in [-0.3, -0.25) is 9.59 Å². The molecule has 0 saturated carbocycles. The van der Waals surface area contributed by atoms with E-state index >= 15 is 0 Å². The van der Waals surface area contributed by atoms with Crippen molar-refractivity contribution in [1.29, 1.82) is 0 Å². The smallest absolute Gasteiger partial charge is 0.265 e. The number of rotatable bonds is 6. The molecule has 3 aromatic carbocycles. The van der Waals surface area contributed by atoms with Gasteiger partial charge in [0, 0.05) is 10.6 Å². The van der Waals surface area contributed by atoms with Crippen LogP contribution in [0.15, 0.2) is 82.0 Å². The highest BCUT2D eigenvalue weighted by Gasteiger charge is 2.25. The second-order valence-electron chi connectivity index (χ2n) is 7.08. The summed E-state index contributed by atoms with van der Waals surface area (Å²) in [5, 5.41) is 3.36. The van der Waals surface area contributed by atoms with Gasteiger partial charge in [-0.15, -0.1) is 0 Å². The molecule has 7 heteroatoms. The van der Waals surface area contributed by atoms with Crippen molar-refractivity contribution in [3.05, 3.63) is 93.9 Å². The maximum absolute atomic E-state index is 14.0. The fraction of sp³-hybridized carbons (Fsp3) is 0.120. The van der Waals surface area contributed by atoms with Crippen LogP contribution in [0.5, 0.6) is 5.75 Å². The third-order valence-electron chi connectivity index (χ3n) is 4.92. The first kappa shape index (κ1) is 21.6. The predicted octanol–water partition coefficient (Wildman–Crippen LogP) is 6.05. The average molecular weight is 452 g/mol. The first-order chi connectivity index (χ1) is 15.5. The van der Waals surface area contributed by atoms with Gasteiger partial charge in [-0.1, -0.05) is 42.8 Å². The lowest BCUT2D eigenvalue weighted by Crippen LogP contribution is -2.34. The van der Waals surface area contributed by atoms with Gasteiger partial charge in [-0.2, -0.15) is 0 Å². The molecule has 1 aromatic heterocycles. The predicted molar refractivity (Wildman–Crippen MR) is 123 cm³/mol. The molecule has 0 fully saturated rings. The number of carbonyl (C=O) groups is 1. The molecule has 0 aliphatic heterocycles. The average Bonchev–Trinajstić information content (AvgIpc) is 2.80. The van der Waals surface area contributed by atoms with Crippen LogP contribution in [0.1, 0.15) is 13.3 Å². The molecule has 0 aliphatic rings. The fourth-order valence-electron chi connectivity index (χ4n) is 3.26. The van der Waals surface area contributed by atoms with Crippen LogP contribution in [-0.2, 0) is 4.79 Å². The maximum Gasteiger partial charge on any atom is 0.265 e. The first-order valence-electron chi connectivity index (χ1n) is 10.0. The summed E-state index contributed by atoms with van der Waals surface area (Å²) in [7, 11) is 0. The molecule has 0 spiro atoms. The second-order valence-corrected chi connectivity index (χ2v) is 7.51. The molecule has 4 aromatic rings. The number of nitrogens with one attached hydrogen (secondary N) is 1. The molecule has 0 bridgehead atoms. The van der Waals surface area contributed by atoms with Crippen LogP contribution in [0.25, 0.3) is 22.3 Å². The van der Waals surface area contributed by atoms with E-state index in [4.69, 9.17) is 20.8 Å². The number of ether oxygens (including phenoxy) is 1. The number of fused-ring (bicyclic) bond motifs is 1. The van der Waals surface area contributed by atoms with Crippen LogP contribution >= 0.6 is 11.6 Å². The van der Waals surface area contributed by atoms with Crippen molar-refractivity contribution in [3.8, 4) is 17.1 Å². The van der Waals surface area contributed by atoms with Gasteiger partial charge in [0.1, 0.15) is 11.4 Å². The SMILES string of the molecule is CCC(Oc1c(-c2ccc(Cl)cc2)oc2ccccc2c1=O)C(=O)Nc1ccccc1F. The van der Waals surface area contributed by atoms with E-state index in [0.29, 0.717) is 21.6 Å². The molecule has 1 unspecified atom stereocenters. The zero-order chi connectivity index (χ0) is 22.7. The van der Waals surface area contributed by atoms with Gasteiger partial charge < -0.3 is 14.5 Å². The number of para-hydroxylation sites is 2. The Kier molecular flexibility index (Phi) is 6.23. The van der Waals surface area contributed by atoms with Crippen molar-refractivity contribution in [1.82, 2.24) is 0 Å². The Balaban J connectivity index is 1.76. The molecule has 1 heterocycles. The highest BCUT2D eigenvalue weighted by atomic mass is 35.5. The Hall–Kier alpha value is -3.64. The van der Waals surface area contributed by atoms with Crippen LogP contribution < -0.4 is 15.5 Å². The molecule has 1 atom stereocenters. The van der Waals surface area contributed by atoms with Gasteiger partial charge in [0.25, 0.3) is 5.91 Å². The Labute approximate surface area is 188 Å². The van der Waals surface area contributed by atoms with E-state index in [2.05, 4.69) is 5.32 Å². The van der Waals surface area contributed by atoms with E-state index in [9.17, 15) is 14.0 Å². The first-order valence-corrected chi connectivity index (χ1v) is 10.4. The van der Waals surface area contributed by atoms with E-state index in [0.717, 1.165) is 0 Å². The van der Waals surface area contributed by atoms with Crippen LogP contribution in [0.4, 0.5) is 10.1 Å². The molecule has 1 amide bonds. The summed E-state index contributed by atoms with van der Waals surface area (Å²) in [5.41, 5.74) is 0.576. The topological polar surface area (TPSA) is 68.5 Å². The zero-order valence-electron chi connectivity index (χ0n) is 17.1. The molecule has 32 heavy (non-hydrogen) atoms.